The van der Waals surface area contributed by atoms with Crippen molar-refractivity contribution < 1.29 is 42.1 Å². The van der Waals surface area contributed by atoms with Gasteiger partial charge in [-0.3, -0.25) is 14.2 Å². The van der Waals surface area contributed by atoms with Gasteiger partial charge in [-0.15, -0.1) is 0 Å². The fourth-order valence-electron chi connectivity index (χ4n) is 7.03. The maximum absolute atomic E-state index is 12.7. The molecule has 354 valence electrons. The minimum Gasteiger partial charge on any atom is -0.756 e. The first-order chi connectivity index (χ1) is 29.0. The molecule has 9 nitrogen and oxygen atoms in total. The molecule has 0 aliphatic rings. The van der Waals surface area contributed by atoms with Crippen LogP contribution in [-0.4, -0.2) is 70.0 Å². The van der Waals surface area contributed by atoms with Crippen molar-refractivity contribution in [2.24, 2.45) is 0 Å². The van der Waals surface area contributed by atoms with Crippen LogP contribution in [0, 0.1) is 0 Å². The van der Waals surface area contributed by atoms with E-state index in [1.54, 1.807) is 0 Å². The number of quaternary nitrogens is 1. The first kappa shape index (κ1) is 58.5. The zero-order chi connectivity index (χ0) is 44.3. The Balaban J connectivity index is 4.19. The molecule has 0 heterocycles. The minimum absolute atomic E-state index is 0.0317. The van der Waals surface area contributed by atoms with Crippen LogP contribution < -0.4 is 4.89 Å². The fraction of sp³-hybridized carbons (Fsp3) is 0.880. The SMILES string of the molecule is CCCC/C=C\C/C=C\CCCCCCCC(=O)OC(COC(=O)CCCCCCCCCCCCCCCCCCCCCCCC)COP(=O)([O-])OCC[N+](C)(C)C. The topological polar surface area (TPSA) is 111 Å². The monoisotopic (exact) mass is 870 g/mol. The first-order valence-corrected chi connectivity index (χ1v) is 26.5. The number of unbranched alkanes of at least 4 members (excludes halogenated alkanes) is 28. The number of allylic oxidation sites excluding steroid dienone is 4. The Kier molecular flexibility index (Phi) is 41.7. The lowest BCUT2D eigenvalue weighted by Crippen LogP contribution is -2.37. The molecule has 0 bridgehead atoms. The van der Waals surface area contributed by atoms with Crippen molar-refractivity contribution in [3.63, 3.8) is 0 Å². The molecule has 0 saturated heterocycles. The zero-order valence-corrected chi connectivity index (χ0v) is 40.8. The quantitative estimate of drug-likeness (QED) is 0.0195. The van der Waals surface area contributed by atoms with Crippen molar-refractivity contribution in [3.8, 4) is 0 Å². The van der Waals surface area contributed by atoms with E-state index < -0.39 is 26.5 Å². The molecule has 0 amide bonds. The molecule has 2 unspecified atom stereocenters. The Bertz CT molecular complexity index is 1070. The summed E-state index contributed by atoms with van der Waals surface area (Å²) < 4.78 is 34.0. The number of carbonyl (C=O) groups excluding carboxylic acids is 2. The predicted octanol–water partition coefficient (Wildman–Crippen LogP) is 14.1. The molecule has 0 rings (SSSR count). The van der Waals surface area contributed by atoms with E-state index in [-0.39, 0.29) is 32.0 Å². The molecule has 0 aromatic heterocycles. The largest absolute Gasteiger partial charge is 0.756 e. The molecule has 0 fully saturated rings. The number of phosphoric ester groups is 1. The lowest BCUT2D eigenvalue weighted by atomic mass is 10.0. The summed E-state index contributed by atoms with van der Waals surface area (Å²) in [7, 11) is 1.16. The molecule has 10 heteroatoms. The number of esters is 2. The highest BCUT2D eigenvalue weighted by atomic mass is 31.2. The van der Waals surface area contributed by atoms with E-state index in [2.05, 4.69) is 38.2 Å². The molecular formula is C50H96NO8P. The number of ether oxygens (including phenoxy) is 2. The van der Waals surface area contributed by atoms with E-state index in [1.807, 2.05) is 21.1 Å². The molecule has 0 aromatic carbocycles. The van der Waals surface area contributed by atoms with E-state index in [0.717, 1.165) is 64.2 Å². The van der Waals surface area contributed by atoms with Crippen LogP contribution in [0.2, 0.25) is 0 Å². The lowest BCUT2D eigenvalue weighted by Gasteiger charge is -2.28. The van der Waals surface area contributed by atoms with Gasteiger partial charge in [-0.1, -0.05) is 205 Å². The van der Waals surface area contributed by atoms with Gasteiger partial charge in [0.15, 0.2) is 6.10 Å². The number of nitrogens with zero attached hydrogens (tertiary/aromatic N) is 1. The van der Waals surface area contributed by atoms with Gasteiger partial charge in [-0.05, 0) is 38.5 Å². The van der Waals surface area contributed by atoms with Gasteiger partial charge in [-0.2, -0.15) is 0 Å². The summed E-state index contributed by atoms with van der Waals surface area (Å²) in [4.78, 5) is 37.6. The number of likely N-dealkylation sites (N-methyl/N-ethyl adjacent to an activating group) is 1. The van der Waals surface area contributed by atoms with E-state index in [4.69, 9.17) is 18.5 Å². The molecular weight excluding hydrogens is 774 g/mol. The number of phosphoric acid groups is 1. The summed E-state index contributed by atoms with van der Waals surface area (Å²) in [5, 5.41) is 0. The van der Waals surface area contributed by atoms with Crippen LogP contribution in [0.15, 0.2) is 24.3 Å². The molecule has 0 aromatic rings. The van der Waals surface area contributed by atoms with Crippen LogP contribution in [-0.2, 0) is 32.7 Å². The summed E-state index contributed by atoms with van der Waals surface area (Å²) in [6.45, 7) is 4.20. The van der Waals surface area contributed by atoms with Crippen LogP contribution in [0.4, 0.5) is 0 Å². The van der Waals surface area contributed by atoms with Gasteiger partial charge >= 0.3 is 11.9 Å². The van der Waals surface area contributed by atoms with Crippen molar-refractivity contribution in [2.75, 3.05) is 47.5 Å². The summed E-state index contributed by atoms with van der Waals surface area (Å²) in [6.07, 6.45) is 47.8. The molecule has 2 atom stereocenters. The Morgan fingerprint density at radius 2 is 0.917 bits per heavy atom. The van der Waals surface area contributed by atoms with Crippen LogP contribution in [0.3, 0.4) is 0 Å². The lowest BCUT2D eigenvalue weighted by molar-refractivity contribution is -0.870. The number of hydrogen-bond donors (Lipinski definition) is 0. The average Bonchev–Trinajstić information content (AvgIpc) is 3.20. The third-order valence-corrected chi connectivity index (χ3v) is 11.9. The first-order valence-electron chi connectivity index (χ1n) is 25.0. The van der Waals surface area contributed by atoms with E-state index in [0.29, 0.717) is 17.4 Å². The Morgan fingerprint density at radius 3 is 1.37 bits per heavy atom. The van der Waals surface area contributed by atoms with E-state index in [1.165, 1.54) is 135 Å². The van der Waals surface area contributed by atoms with Gasteiger partial charge in [0.2, 0.25) is 0 Å². The zero-order valence-electron chi connectivity index (χ0n) is 39.9. The number of hydrogen-bond acceptors (Lipinski definition) is 8. The van der Waals surface area contributed by atoms with Gasteiger partial charge in [-0.25, -0.2) is 0 Å². The molecule has 0 N–H and O–H groups in total. The molecule has 0 saturated carbocycles. The minimum atomic E-state index is -4.63. The summed E-state index contributed by atoms with van der Waals surface area (Å²) in [5.41, 5.74) is 0. The van der Waals surface area contributed by atoms with Gasteiger partial charge in [0.05, 0.1) is 27.7 Å². The standard InChI is InChI=1S/C50H96NO8P/c1-6-8-10-12-14-16-18-20-22-23-24-25-26-27-28-29-31-32-34-36-38-40-42-49(52)56-46-48(47-58-60(54,55)57-45-44-51(3,4)5)59-50(53)43-41-39-37-35-33-30-21-19-17-15-13-11-9-7-2/h13,15,19,21,48H,6-12,14,16-18,20,22-47H2,1-5H3/b15-13-,21-19-. The molecule has 0 aliphatic heterocycles. The number of rotatable bonds is 46. The second-order valence-corrected chi connectivity index (χ2v) is 19.6. The van der Waals surface area contributed by atoms with Crippen LogP contribution in [0.1, 0.15) is 232 Å². The van der Waals surface area contributed by atoms with Crippen LogP contribution >= 0.6 is 7.82 Å². The Labute approximate surface area is 370 Å². The third-order valence-electron chi connectivity index (χ3n) is 11.0. The molecule has 0 aliphatic carbocycles. The number of carbonyl (C=O) groups is 2. The van der Waals surface area contributed by atoms with Crippen molar-refractivity contribution in [1.29, 1.82) is 0 Å². The Morgan fingerprint density at radius 1 is 0.517 bits per heavy atom. The summed E-state index contributed by atoms with van der Waals surface area (Å²) in [6, 6.07) is 0. The van der Waals surface area contributed by atoms with Crippen molar-refractivity contribution >= 4 is 19.8 Å². The highest BCUT2D eigenvalue weighted by Crippen LogP contribution is 2.38. The van der Waals surface area contributed by atoms with E-state index >= 15 is 0 Å². The highest BCUT2D eigenvalue weighted by molar-refractivity contribution is 7.45. The smallest absolute Gasteiger partial charge is 0.306 e. The van der Waals surface area contributed by atoms with Crippen LogP contribution in [0.25, 0.3) is 0 Å². The fourth-order valence-corrected chi connectivity index (χ4v) is 7.75. The molecule has 60 heavy (non-hydrogen) atoms. The van der Waals surface area contributed by atoms with Gasteiger partial charge in [0.1, 0.15) is 19.8 Å². The van der Waals surface area contributed by atoms with Crippen LogP contribution in [0.5, 0.6) is 0 Å². The third kappa shape index (κ3) is 46.0. The Hall–Kier alpha value is -1.51. The summed E-state index contributed by atoms with van der Waals surface area (Å²) >= 11 is 0. The summed E-state index contributed by atoms with van der Waals surface area (Å²) in [5.74, 6) is -0.840. The highest BCUT2D eigenvalue weighted by Gasteiger charge is 2.21. The maximum atomic E-state index is 12.7. The van der Waals surface area contributed by atoms with Gasteiger partial charge < -0.3 is 27.9 Å². The van der Waals surface area contributed by atoms with Gasteiger partial charge in [0.25, 0.3) is 7.82 Å². The van der Waals surface area contributed by atoms with Crippen molar-refractivity contribution in [1.82, 2.24) is 0 Å². The second-order valence-electron chi connectivity index (χ2n) is 18.2. The average molecular weight is 870 g/mol. The normalized spacial score (nSPS) is 13.6. The maximum Gasteiger partial charge on any atom is 0.306 e. The second kappa shape index (κ2) is 42.8. The molecule has 0 radical (unpaired) electrons. The van der Waals surface area contributed by atoms with Crippen molar-refractivity contribution in [3.05, 3.63) is 24.3 Å². The molecule has 0 spiro atoms. The predicted molar refractivity (Wildman–Crippen MR) is 250 cm³/mol. The van der Waals surface area contributed by atoms with Gasteiger partial charge in [0, 0.05) is 12.8 Å². The van der Waals surface area contributed by atoms with E-state index in [9.17, 15) is 19.0 Å². The van der Waals surface area contributed by atoms with Crippen molar-refractivity contribution in [2.45, 2.75) is 238 Å².